The number of fused-ring (bicyclic) bond motifs is 1. The molecule has 8 heteroatoms. The molecule has 0 aliphatic carbocycles. The van der Waals surface area contributed by atoms with Crippen LogP contribution in [0.3, 0.4) is 0 Å². The first-order valence-electron chi connectivity index (χ1n) is 8.90. The van der Waals surface area contributed by atoms with Gasteiger partial charge in [0.25, 0.3) is 5.92 Å². The van der Waals surface area contributed by atoms with Crippen molar-refractivity contribution in [3.63, 3.8) is 0 Å². The van der Waals surface area contributed by atoms with E-state index in [0.29, 0.717) is 22.9 Å². The molecule has 0 bridgehead atoms. The first-order chi connectivity index (χ1) is 13.4. The summed E-state index contributed by atoms with van der Waals surface area (Å²) in [4.78, 5) is 19.6. The Morgan fingerprint density at radius 2 is 1.86 bits per heavy atom. The summed E-state index contributed by atoms with van der Waals surface area (Å²) < 4.78 is 28.7. The van der Waals surface area contributed by atoms with Gasteiger partial charge in [0.05, 0.1) is 22.1 Å². The number of pyridine rings is 1. The Bertz CT molecular complexity index is 1040. The molecule has 0 unspecified atom stereocenters. The molecule has 2 aromatic heterocycles. The molecule has 0 spiro atoms. The van der Waals surface area contributed by atoms with E-state index in [2.05, 4.69) is 4.98 Å². The van der Waals surface area contributed by atoms with Crippen LogP contribution in [0.4, 0.5) is 8.78 Å². The standard InChI is InChI=1S/C20H17Cl2F2N3O/c21-14-5-3-4-13(17(14)22)19(28)18-15-6-1-2-9-27(15)16(25-18)12-26-10-7-20(23,24)8-11-26/h1-6,9H,7-8,10-12H2. The molecule has 1 fully saturated rings. The van der Waals surface area contributed by atoms with Crippen LogP contribution in [0.5, 0.6) is 0 Å². The average Bonchev–Trinajstić information content (AvgIpc) is 3.04. The fraction of sp³-hybridized carbons (Fsp3) is 0.300. The number of likely N-dealkylation sites (tertiary alicyclic amines) is 1. The summed E-state index contributed by atoms with van der Waals surface area (Å²) in [5.74, 6) is -2.30. The van der Waals surface area contributed by atoms with Crippen LogP contribution in [-0.4, -0.2) is 39.1 Å². The van der Waals surface area contributed by atoms with Crippen molar-refractivity contribution >= 4 is 34.5 Å². The highest BCUT2D eigenvalue weighted by molar-refractivity contribution is 6.44. The van der Waals surface area contributed by atoms with E-state index in [1.807, 2.05) is 27.6 Å². The molecule has 1 aliphatic heterocycles. The maximum Gasteiger partial charge on any atom is 0.250 e. The van der Waals surface area contributed by atoms with Crippen molar-refractivity contribution < 1.29 is 13.6 Å². The normalized spacial score (nSPS) is 17.1. The van der Waals surface area contributed by atoms with E-state index >= 15 is 0 Å². The topological polar surface area (TPSA) is 37.6 Å². The predicted molar refractivity (Wildman–Crippen MR) is 105 cm³/mol. The Labute approximate surface area is 170 Å². The number of hydrogen-bond acceptors (Lipinski definition) is 3. The van der Waals surface area contributed by atoms with Crippen molar-refractivity contribution in [2.75, 3.05) is 13.1 Å². The number of hydrogen-bond donors (Lipinski definition) is 0. The van der Waals surface area contributed by atoms with Gasteiger partial charge in [-0.3, -0.25) is 9.69 Å². The molecule has 28 heavy (non-hydrogen) atoms. The van der Waals surface area contributed by atoms with Crippen LogP contribution in [0, 0.1) is 0 Å². The van der Waals surface area contributed by atoms with E-state index in [4.69, 9.17) is 23.2 Å². The highest BCUT2D eigenvalue weighted by atomic mass is 35.5. The SMILES string of the molecule is O=C(c1cccc(Cl)c1Cl)c1nc(CN2CCC(F)(F)CC2)n2ccccc12. The minimum Gasteiger partial charge on any atom is -0.302 e. The van der Waals surface area contributed by atoms with Gasteiger partial charge in [-0.25, -0.2) is 13.8 Å². The molecule has 0 atom stereocenters. The molecule has 0 N–H and O–H groups in total. The molecule has 4 rings (SSSR count). The Kier molecular flexibility index (Phi) is 5.12. The fourth-order valence-electron chi connectivity index (χ4n) is 3.43. The maximum atomic E-state index is 13.4. The Hall–Kier alpha value is -2.02. The summed E-state index contributed by atoms with van der Waals surface area (Å²) in [6.45, 7) is 0.966. The van der Waals surface area contributed by atoms with Gasteiger partial charge >= 0.3 is 0 Å². The monoisotopic (exact) mass is 423 g/mol. The lowest BCUT2D eigenvalue weighted by Crippen LogP contribution is -2.39. The van der Waals surface area contributed by atoms with Crippen LogP contribution in [0.25, 0.3) is 5.52 Å². The van der Waals surface area contributed by atoms with Gasteiger partial charge in [-0.15, -0.1) is 0 Å². The van der Waals surface area contributed by atoms with Gasteiger partial charge in [-0.2, -0.15) is 0 Å². The first kappa shape index (κ1) is 19.3. The van der Waals surface area contributed by atoms with E-state index in [1.165, 1.54) is 0 Å². The van der Waals surface area contributed by atoms with E-state index in [1.54, 1.807) is 24.3 Å². The second kappa shape index (κ2) is 7.43. The van der Waals surface area contributed by atoms with Gasteiger partial charge in [-0.05, 0) is 24.3 Å². The molecule has 0 saturated carbocycles. The third kappa shape index (κ3) is 3.64. The van der Waals surface area contributed by atoms with Crippen molar-refractivity contribution in [3.05, 3.63) is 69.7 Å². The Balaban J connectivity index is 1.69. The molecule has 4 nitrogen and oxygen atoms in total. The predicted octanol–water partition coefficient (Wildman–Crippen LogP) is 5.10. The smallest absolute Gasteiger partial charge is 0.250 e. The van der Waals surface area contributed by atoms with E-state index < -0.39 is 5.92 Å². The number of nitrogens with zero attached hydrogens (tertiary/aromatic N) is 3. The lowest BCUT2D eigenvalue weighted by atomic mass is 10.1. The number of benzene rings is 1. The number of carbonyl (C=O) groups excluding carboxylic acids is 1. The van der Waals surface area contributed by atoms with Crippen LogP contribution < -0.4 is 0 Å². The van der Waals surface area contributed by atoms with E-state index in [9.17, 15) is 13.6 Å². The second-order valence-electron chi connectivity index (χ2n) is 6.90. The number of halogens is 4. The average molecular weight is 424 g/mol. The number of ketones is 1. The highest BCUT2D eigenvalue weighted by Crippen LogP contribution is 2.30. The van der Waals surface area contributed by atoms with E-state index in [-0.39, 0.29) is 48.0 Å². The fourth-order valence-corrected chi connectivity index (χ4v) is 3.81. The lowest BCUT2D eigenvalue weighted by Gasteiger charge is -2.31. The molecule has 1 aliphatic rings. The third-order valence-corrected chi connectivity index (χ3v) is 5.80. The summed E-state index contributed by atoms with van der Waals surface area (Å²) >= 11 is 12.3. The number of piperidine rings is 1. The van der Waals surface area contributed by atoms with Crippen molar-refractivity contribution in [1.29, 1.82) is 0 Å². The Morgan fingerprint density at radius 3 is 2.61 bits per heavy atom. The van der Waals surface area contributed by atoms with Crippen LogP contribution in [-0.2, 0) is 6.54 Å². The van der Waals surface area contributed by atoms with Crippen molar-refractivity contribution in [2.45, 2.75) is 25.3 Å². The molecule has 1 aromatic carbocycles. The summed E-state index contributed by atoms with van der Waals surface area (Å²) in [5.41, 5.74) is 1.19. The zero-order valence-corrected chi connectivity index (χ0v) is 16.4. The number of aromatic nitrogens is 2. The minimum absolute atomic E-state index is 0.166. The largest absolute Gasteiger partial charge is 0.302 e. The van der Waals surface area contributed by atoms with Gasteiger partial charge in [0.15, 0.2) is 0 Å². The number of alkyl halides is 2. The van der Waals surface area contributed by atoms with Crippen LogP contribution in [0.1, 0.15) is 34.7 Å². The van der Waals surface area contributed by atoms with Crippen LogP contribution >= 0.6 is 23.2 Å². The summed E-state index contributed by atoms with van der Waals surface area (Å²) in [6, 6.07) is 10.3. The summed E-state index contributed by atoms with van der Waals surface area (Å²) in [5, 5.41) is 0.483. The van der Waals surface area contributed by atoms with Crippen LogP contribution in [0.15, 0.2) is 42.6 Å². The maximum absolute atomic E-state index is 13.4. The third-order valence-electron chi connectivity index (χ3n) is 4.99. The molecule has 3 aromatic rings. The number of imidazole rings is 1. The molecular formula is C20H17Cl2F2N3O. The van der Waals surface area contributed by atoms with Gasteiger partial charge in [0, 0.05) is 37.7 Å². The highest BCUT2D eigenvalue weighted by Gasteiger charge is 2.34. The van der Waals surface area contributed by atoms with Gasteiger partial charge in [0.1, 0.15) is 11.5 Å². The quantitative estimate of drug-likeness (QED) is 0.547. The molecule has 1 saturated heterocycles. The second-order valence-corrected chi connectivity index (χ2v) is 7.68. The zero-order valence-electron chi connectivity index (χ0n) is 14.8. The van der Waals surface area contributed by atoms with Gasteiger partial charge < -0.3 is 4.40 Å². The van der Waals surface area contributed by atoms with Gasteiger partial charge in [-0.1, -0.05) is 35.3 Å². The summed E-state index contributed by atoms with van der Waals surface area (Å²) in [7, 11) is 0. The minimum atomic E-state index is -2.60. The zero-order chi connectivity index (χ0) is 19.9. The molecule has 146 valence electrons. The summed E-state index contributed by atoms with van der Waals surface area (Å²) in [6.07, 6.45) is 1.48. The first-order valence-corrected chi connectivity index (χ1v) is 9.66. The molecule has 0 radical (unpaired) electrons. The van der Waals surface area contributed by atoms with Crippen molar-refractivity contribution in [1.82, 2.24) is 14.3 Å². The Morgan fingerprint density at radius 1 is 1.11 bits per heavy atom. The lowest BCUT2D eigenvalue weighted by molar-refractivity contribution is -0.0570. The molecular weight excluding hydrogens is 407 g/mol. The number of rotatable bonds is 4. The van der Waals surface area contributed by atoms with E-state index in [0.717, 1.165) is 0 Å². The molecule has 0 amide bonds. The van der Waals surface area contributed by atoms with Crippen LogP contribution in [0.2, 0.25) is 10.0 Å². The van der Waals surface area contributed by atoms with Gasteiger partial charge in [0.2, 0.25) is 5.78 Å². The number of carbonyl (C=O) groups is 1. The van der Waals surface area contributed by atoms with Crippen molar-refractivity contribution in [3.8, 4) is 0 Å². The molecule has 3 heterocycles. The van der Waals surface area contributed by atoms with Crippen molar-refractivity contribution in [2.24, 2.45) is 0 Å².